The molecule has 0 fully saturated rings. The van der Waals surface area contributed by atoms with Crippen molar-refractivity contribution in [1.82, 2.24) is 14.5 Å². The van der Waals surface area contributed by atoms with Gasteiger partial charge in [-0.25, -0.2) is 4.39 Å². The number of para-hydroxylation sites is 2. The molecule has 0 aliphatic carbocycles. The zero-order valence-corrected chi connectivity index (χ0v) is 43.0. The molecule has 7 heteroatoms. The first-order chi connectivity index (χ1) is 32.5. The van der Waals surface area contributed by atoms with Gasteiger partial charge < -0.3 is 14.0 Å². The molecule has 0 amide bonds. The summed E-state index contributed by atoms with van der Waals surface area (Å²) in [5, 5.41) is 8.11. The van der Waals surface area contributed by atoms with Crippen LogP contribution in [0.4, 0.5) is 4.39 Å². The second-order valence-corrected chi connectivity index (χ2v) is 24.3. The third-order valence-electron chi connectivity index (χ3n) is 12.8. The molecule has 10 rings (SSSR count). The molecule has 0 aliphatic heterocycles. The van der Waals surface area contributed by atoms with E-state index < -0.39 is 20.8 Å². The normalized spacial score (nSPS) is 13.2. The number of aryl methyl sites for hydroxylation is 3. The SMILES string of the molecule is Cc1[c-]c(-c2nc3ccccc3n2-c2c(C(C)C)cc(F)cc2C(C)C)c2oc3cc4c(ccc5ccccc54)cc3c2c1C.[2H]C([2H])([2H])c1c[c-]c(-c2cc(C([2H])(C)C)c([Si](C)(C)C)cn2)cc1.[Ir]. The summed E-state index contributed by atoms with van der Waals surface area (Å²) in [5.41, 5.74) is 12.1. The monoisotopic (exact) mass is 1070 g/mol. The maximum atomic E-state index is 15.1. The summed E-state index contributed by atoms with van der Waals surface area (Å²) >= 11 is 0. The molecule has 7 aromatic carbocycles. The second kappa shape index (κ2) is 18.2. The Hall–Kier alpha value is -5.72. The fraction of sp³-hybridized carbons (Fsp3) is 0.254. The molecule has 337 valence electrons. The van der Waals surface area contributed by atoms with Crippen LogP contribution in [-0.2, 0) is 20.1 Å². The predicted molar refractivity (Wildman–Crippen MR) is 276 cm³/mol. The number of benzene rings is 7. The van der Waals surface area contributed by atoms with E-state index in [1.54, 1.807) is 24.3 Å². The fourth-order valence-corrected chi connectivity index (χ4v) is 10.8. The molecule has 1 radical (unpaired) electrons. The summed E-state index contributed by atoms with van der Waals surface area (Å²) in [6.45, 7) is 21.1. The Kier molecular flexibility index (Phi) is 11.5. The van der Waals surface area contributed by atoms with Gasteiger partial charge in [-0.2, -0.15) is 0 Å². The van der Waals surface area contributed by atoms with E-state index in [1.165, 1.54) is 32.8 Å². The van der Waals surface area contributed by atoms with Crippen molar-refractivity contribution >= 4 is 67.8 Å². The van der Waals surface area contributed by atoms with Crippen LogP contribution in [0.25, 0.3) is 82.8 Å². The largest absolute Gasteiger partial charge is 0.501 e. The number of hydrogen-bond donors (Lipinski definition) is 0. The van der Waals surface area contributed by atoms with Gasteiger partial charge in [0.2, 0.25) is 0 Å². The third-order valence-corrected chi connectivity index (χ3v) is 14.8. The number of halogens is 1. The van der Waals surface area contributed by atoms with Gasteiger partial charge in [0.05, 0.1) is 30.5 Å². The minimum atomic E-state index is -2.13. The van der Waals surface area contributed by atoms with Gasteiger partial charge in [-0.1, -0.05) is 153 Å². The van der Waals surface area contributed by atoms with Gasteiger partial charge in [-0.05, 0) is 97.7 Å². The molecule has 10 aromatic rings. The Morgan fingerprint density at radius 3 is 2.14 bits per heavy atom. The van der Waals surface area contributed by atoms with Gasteiger partial charge in [-0.3, -0.25) is 4.98 Å². The molecule has 4 nitrogen and oxygen atoms in total. The van der Waals surface area contributed by atoms with Gasteiger partial charge in [0.25, 0.3) is 0 Å². The fourth-order valence-electron chi connectivity index (χ4n) is 9.23. The van der Waals surface area contributed by atoms with E-state index in [-0.39, 0.29) is 43.3 Å². The van der Waals surface area contributed by atoms with Crippen molar-refractivity contribution in [2.45, 2.75) is 99.6 Å². The van der Waals surface area contributed by atoms with E-state index in [4.69, 9.17) is 14.9 Å². The first kappa shape index (κ1) is 41.7. The number of rotatable bonds is 7. The average molecular weight is 1070 g/mol. The second-order valence-electron chi connectivity index (χ2n) is 19.3. The minimum Gasteiger partial charge on any atom is -0.501 e. The topological polar surface area (TPSA) is 43.9 Å². The first-order valence-corrected chi connectivity index (χ1v) is 26.1. The Balaban J connectivity index is 0.000000224. The van der Waals surface area contributed by atoms with Crippen LogP contribution in [0.5, 0.6) is 0 Å². The maximum Gasteiger partial charge on any atom is 0.123 e. The quantitative estimate of drug-likeness (QED) is 0.0907. The van der Waals surface area contributed by atoms with Crippen LogP contribution >= 0.6 is 0 Å². The molecule has 3 heterocycles. The van der Waals surface area contributed by atoms with Crippen LogP contribution in [0.1, 0.15) is 98.1 Å². The van der Waals surface area contributed by atoms with Crippen LogP contribution in [0, 0.1) is 38.6 Å². The first-order valence-electron chi connectivity index (χ1n) is 24.6. The van der Waals surface area contributed by atoms with Crippen molar-refractivity contribution in [1.29, 1.82) is 0 Å². The zero-order chi connectivity index (χ0) is 49.5. The van der Waals surface area contributed by atoms with Crippen molar-refractivity contribution in [3.05, 3.63) is 167 Å². The Bertz CT molecular complexity index is 3590. The van der Waals surface area contributed by atoms with Gasteiger partial charge in [0, 0.05) is 42.9 Å². The smallest absolute Gasteiger partial charge is 0.123 e. The summed E-state index contributed by atoms with van der Waals surface area (Å²) in [6.07, 6.45) is 1.89. The molecule has 3 aromatic heterocycles. The minimum absolute atomic E-state index is 0. The van der Waals surface area contributed by atoms with E-state index in [9.17, 15) is 0 Å². The van der Waals surface area contributed by atoms with E-state index in [0.717, 1.165) is 89.1 Å². The van der Waals surface area contributed by atoms with Crippen LogP contribution < -0.4 is 5.19 Å². The Morgan fingerprint density at radius 1 is 0.773 bits per heavy atom. The van der Waals surface area contributed by atoms with Crippen molar-refractivity contribution in [3.63, 3.8) is 0 Å². The number of aromatic nitrogens is 3. The van der Waals surface area contributed by atoms with E-state index in [1.807, 2.05) is 44.3 Å². The van der Waals surface area contributed by atoms with Gasteiger partial charge in [0.1, 0.15) is 11.4 Å². The van der Waals surface area contributed by atoms with E-state index in [2.05, 4.69) is 137 Å². The van der Waals surface area contributed by atoms with E-state index in [0.29, 0.717) is 0 Å². The van der Waals surface area contributed by atoms with Crippen LogP contribution in [0.2, 0.25) is 19.6 Å². The summed E-state index contributed by atoms with van der Waals surface area (Å²) in [4.78, 5) is 9.81. The maximum absolute atomic E-state index is 15.1. The number of furan rings is 1. The molecule has 0 atom stereocenters. The standard InChI is InChI=1S/C41H34FN2O.C18H24NSi.Ir/c1-22(2)30-19-28(42)20-31(23(3)4)39(30)44-36-14-10-9-13-35(36)43-41(44)34-17-24(5)25(6)38-33-18-27-16-15-26-11-7-8-12-29(26)32(27)21-37(33)45-40(34)38;1-13(2)16-11-17(15-9-7-14(3)8-10-15)19-12-18(16)20(4,5)6;/h7-16,18-23H,1-6H3;7-9,11-13H,1-6H3;/q2*-1;/i;3D3,13D;. The molecule has 0 bridgehead atoms. The number of fused-ring (bicyclic) bond motifs is 7. The molecule has 0 aliphatic rings. The summed E-state index contributed by atoms with van der Waals surface area (Å²) in [6, 6.07) is 42.4. The Morgan fingerprint density at radius 2 is 1.47 bits per heavy atom. The third kappa shape index (κ3) is 8.47. The van der Waals surface area contributed by atoms with Gasteiger partial charge in [-0.15, -0.1) is 52.6 Å². The van der Waals surface area contributed by atoms with Crippen LogP contribution in [0.15, 0.2) is 120 Å². The van der Waals surface area contributed by atoms with E-state index >= 15 is 4.39 Å². The van der Waals surface area contributed by atoms with Crippen LogP contribution in [0.3, 0.4) is 0 Å². The van der Waals surface area contributed by atoms with Crippen LogP contribution in [-0.4, -0.2) is 22.6 Å². The van der Waals surface area contributed by atoms with Gasteiger partial charge in [0.15, 0.2) is 0 Å². The zero-order valence-electron chi connectivity index (χ0n) is 43.6. The van der Waals surface area contributed by atoms with Crippen molar-refractivity contribution in [3.8, 4) is 28.3 Å². The summed E-state index contributed by atoms with van der Waals surface area (Å²) in [7, 11) is -1.61. The molecule has 0 saturated carbocycles. The molecular weight excluding hydrogens is 1010 g/mol. The molecule has 0 unspecified atom stereocenters. The summed E-state index contributed by atoms with van der Waals surface area (Å²) < 4.78 is 55.0. The van der Waals surface area contributed by atoms with Crippen molar-refractivity contribution in [2.75, 3.05) is 0 Å². The number of imidazole rings is 1. The molecular formula is C59H58FIrN3OSi-2. The number of nitrogens with zero attached hydrogens (tertiary/aromatic N) is 3. The molecule has 0 saturated heterocycles. The summed E-state index contributed by atoms with van der Waals surface area (Å²) in [5.74, 6) is 0.00749. The van der Waals surface area contributed by atoms with Gasteiger partial charge >= 0.3 is 0 Å². The number of pyridine rings is 1. The predicted octanol–water partition coefficient (Wildman–Crippen LogP) is 16.2. The Labute approximate surface area is 409 Å². The average Bonchev–Trinajstić information content (AvgIpc) is 3.87. The van der Waals surface area contributed by atoms with Crippen molar-refractivity contribution < 1.29 is 34.4 Å². The molecule has 0 spiro atoms. The molecule has 0 N–H and O–H groups in total. The number of hydrogen-bond acceptors (Lipinski definition) is 3. The van der Waals surface area contributed by atoms with Crippen molar-refractivity contribution in [2.24, 2.45) is 0 Å². The molecule has 66 heavy (non-hydrogen) atoms.